The van der Waals surface area contributed by atoms with Gasteiger partial charge in [-0.15, -0.1) is 0 Å². The fourth-order valence-electron chi connectivity index (χ4n) is 4.74. The van der Waals surface area contributed by atoms with Gasteiger partial charge in [-0.1, -0.05) is 26.2 Å². The van der Waals surface area contributed by atoms with Crippen molar-refractivity contribution in [2.45, 2.75) is 57.9 Å². The summed E-state index contributed by atoms with van der Waals surface area (Å²) in [6, 6.07) is 0.279. The molecule has 0 radical (unpaired) electrons. The molecule has 0 aromatic carbocycles. The van der Waals surface area contributed by atoms with E-state index in [9.17, 15) is 9.59 Å². The standard InChI is InChI=1S/C17H28N2O2/c1-3-11-8-13-14(9-11)17(21)19(16(13)20)10-15(18-2)12-6-4-5-7-12/h11-15,18H,3-10H2,1-2H3. The van der Waals surface area contributed by atoms with E-state index in [-0.39, 0.29) is 29.7 Å². The first-order valence-electron chi connectivity index (χ1n) is 8.68. The van der Waals surface area contributed by atoms with Crippen LogP contribution in [0.3, 0.4) is 0 Å². The van der Waals surface area contributed by atoms with Crippen LogP contribution >= 0.6 is 0 Å². The molecule has 21 heavy (non-hydrogen) atoms. The zero-order valence-electron chi connectivity index (χ0n) is 13.3. The molecule has 3 unspecified atom stereocenters. The average Bonchev–Trinajstić information content (AvgIpc) is 3.19. The van der Waals surface area contributed by atoms with E-state index in [2.05, 4.69) is 12.2 Å². The van der Waals surface area contributed by atoms with Crippen molar-refractivity contribution in [2.75, 3.05) is 13.6 Å². The molecule has 3 rings (SSSR count). The largest absolute Gasteiger partial charge is 0.315 e. The fourth-order valence-corrected chi connectivity index (χ4v) is 4.74. The van der Waals surface area contributed by atoms with Gasteiger partial charge in [0.25, 0.3) is 0 Å². The zero-order valence-corrected chi connectivity index (χ0v) is 13.3. The molecule has 1 heterocycles. The van der Waals surface area contributed by atoms with Crippen molar-refractivity contribution in [3.63, 3.8) is 0 Å². The average molecular weight is 292 g/mol. The lowest BCUT2D eigenvalue weighted by Gasteiger charge is -2.28. The van der Waals surface area contributed by atoms with Gasteiger partial charge in [0.05, 0.1) is 11.8 Å². The third kappa shape index (κ3) is 2.63. The van der Waals surface area contributed by atoms with Crippen LogP contribution in [0.4, 0.5) is 0 Å². The quantitative estimate of drug-likeness (QED) is 0.790. The number of carbonyl (C=O) groups excluding carboxylic acids is 2. The SMILES string of the molecule is CCC1CC2C(=O)N(CC(NC)C3CCCC3)C(=O)C2C1. The van der Waals surface area contributed by atoms with Gasteiger partial charge in [0, 0.05) is 12.6 Å². The minimum atomic E-state index is -0.0106. The Morgan fingerprint density at radius 1 is 1.14 bits per heavy atom. The first-order valence-corrected chi connectivity index (χ1v) is 8.68. The molecule has 1 N–H and O–H groups in total. The van der Waals surface area contributed by atoms with Gasteiger partial charge in [-0.2, -0.15) is 0 Å². The molecular formula is C17H28N2O2. The maximum atomic E-state index is 12.6. The van der Waals surface area contributed by atoms with Gasteiger partial charge < -0.3 is 5.32 Å². The van der Waals surface area contributed by atoms with Crippen LogP contribution in [0.1, 0.15) is 51.9 Å². The minimum Gasteiger partial charge on any atom is -0.315 e. The smallest absolute Gasteiger partial charge is 0.233 e. The van der Waals surface area contributed by atoms with Crippen molar-refractivity contribution in [1.29, 1.82) is 0 Å². The highest BCUT2D eigenvalue weighted by atomic mass is 16.2. The van der Waals surface area contributed by atoms with Crippen LogP contribution in [0.2, 0.25) is 0 Å². The summed E-state index contributed by atoms with van der Waals surface area (Å²) in [6.45, 7) is 2.75. The molecule has 1 aliphatic heterocycles. The van der Waals surface area contributed by atoms with Crippen molar-refractivity contribution in [3.05, 3.63) is 0 Å². The number of amides is 2. The molecule has 2 amide bonds. The number of likely N-dealkylation sites (N-methyl/N-ethyl adjacent to an activating group) is 1. The Balaban J connectivity index is 1.66. The predicted octanol–water partition coefficient (Wildman–Crippen LogP) is 2.19. The maximum absolute atomic E-state index is 12.6. The minimum absolute atomic E-state index is 0.0106. The predicted molar refractivity (Wildman–Crippen MR) is 81.5 cm³/mol. The van der Waals surface area contributed by atoms with E-state index in [0.29, 0.717) is 18.4 Å². The van der Waals surface area contributed by atoms with Crippen molar-refractivity contribution in [2.24, 2.45) is 23.7 Å². The summed E-state index contributed by atoms with van der Waals surface area (Å²) < 4.78 is 0. The third-order valence-corrected chi connectivity index (χ3v) is 6.12. The highest BCUT2D eigenvalue weighted by Crippen LogP contribution is 2.44. The number of hydrogen-bond acceptors (Lipinski definition) is 3. The molecule has 2 aliphatic carbocycles. The van der Waals surface area contributed by atoms with Crippen LogP contribution in [0.5, 0.6) is 0 Å². The molecule has 4 nitrogen and oxygen atoms in total. The van der Waals surface area contributed by atoms with E-state index >= 15 is 0 Å². The van der Waals surface area contributed by atoms with Gasteiger partial charge in [-0.25, -0.2) is 0 Å². The van der Waals surface area contributed by atoms with Crippen molar-refractivity contribution in [3.8, 4) is 0 Å². The first kappa shape index (κ1) is 15.0. The van der Waals surface area contributed by atoms with Crippen LogP contribution in [0.15, 0.2) is 0 Å². The molecule has 0 bridgehead atoms. The molecule has 1 saturated heterocycles. The molecule has 3 fully saturated rings. The lowest BCUT2D eigenvalue weighted by atomic mass is 9.97. The Bertz CT molecular complexity index is 393. The Morgan fingerprint density at radius 3 is 2.19 bits per heavy atom. The highest BCUT2D eigenvalue weighted by Gasteiger charge is 2.52. The summed E-state index contributed by atoms with van der Waals surface area (Å²) in [5.41, 5.74) is 0. The molecule has 0 aromatic heterocycles. The van der Waals surface area contributed by atoms with E-state index in [4.69, 9.17) is 0 Å². The molecular weight excluding hydrogens is 264 g/mol. The number of imide groups is 1. The number of nitrogens with zero attached hydrogens (tertiary/aromatic N) is 1. The fraction of sp³-hybridized carbons (Fsp3) is 0.882. The summed E-state index contributed by atoms with van der Waals surface area (Å²) in [6.07, 6.45) is 7.97. The zero-order chi connectivity index (χ0) is 15.0. The van der Waals surface area contributed by atoms with E-state index < -0.39 is 0 Å². The second kappa shape index (κ2) is 6.07. The van der Waals surface area contributed by atoms with Gasteiger partial charge in [-0.05, 0) is 44.6 Å². The molecule has 3 atom stereocenters. The van der Waals surface area contributed by atoms with Crippen molar-refractivity contribution in [1.82, 2.24) is 10.2 Å². The number of nitrogens with one attached hydrogen (secondary N) is 1. The summed E-state index contributed by atoms with van der Waals surface area (Å²) >= 11 is 0. The lowest BCUT2D eigenvalue weighted by molar-refractivity contribution is -0.141. The van der Waals surface area contributed by atoms with Crippen molar-refractivity contribution >= 4 is 11.8 Å². The Labute approximate surface area is 127 Å². The second-order valence-electron chi connectivity index (χ2n) is 7.19. The summed E-state index contributed by atoms with van der Waals surface area (Å²) in [4.78, 5) is 26.8. The van der Waals surface area contributed by atoms with Crippen LogP contribution in [-0.2, 0) is 9.59 Å². The molecule has 0 spiro atoms. The Hall–Kier alpha value is -0.900. The number of hydrogen-bond donors (Lipinski definition) is 1. The normalized spacial score (nSPS) is 34.8. The van der Waals surface area contributed by atoms with E-state index in [1.807, 2.05) is 7.05 Å². The molecule has 3 aliphatic rings. The van der Waals surface area contributed by atoms with Crippen LogP contribution in [-0.4, -0.2) is 36.3 Å². The van der Waals surface area contributed by atoms with Crippen molar-refractivity contribution < 1.29 is 9.59 Å². The Morgan fingerprint density at radius 2 is 1.71 bits per heavy atom. The van der Waals surface area contributed by atoms with Gasteiger partial charge in [0.15, 0.2) is 0 Å². The van der Waals surface area contributed by atoms with Gasteiger partial charge in [0.2, 0.25) is 11.8 Å². The van der Waals surface area contributed by atoms with Crippen LogP contribution in [0, 0.1) is 23.7 Å². The maximum Gasteiger partial charge on any atom is 0.233 e. The highest BCUT2D eigenvalue weighted by molar-refractivity contribution is 6.05. The van der Waals surface area contributed by atoms with Gasteiger partial charge >= 0.3 is 0 Å². The molecule has 4 heteroatoms. The number of rotatable bonds is 5. The number of fused-ring (bicyclic) bond motifs is 1. The summed E-state index contributed by atoms with van der Waals surface area (Å²) in [7, 11) is 1.96. The molecule has 118 valence electrons. The third-order valence-electron chi connectivity index (χ3n) is 6.12. The molecule has 2 saturated carbocycles. The van der Waals surface area contributed by atoms with E-state index in [1.165, 1.54) is 25.7 Å². The summed E-state index contributed by atoms with van der Waals surface area (Å²) in [5.74, 6) is 1.40. The van der Waals surface area contributed by atoms with Gasteiger partial charge in [0.1, 0.15) is 0 Å². The number of likely N-dealkylation sites (tertiary alicyclic amines) is 1. The Kier molecular flexibility index (Phi) is 4.34. The van der Waals surface area contributed by atoms with Crippen LogP contribution < -0.4 is 5.32 Å². The first-order chi connectivity index (χ1) is 10.2. The number of carbonyl (C=O) groups is 2. The van der Waals surface area contributed by atoms with E-state index in [1.54, 1.807) is 4.90 Å². The van der Waals surface area contributed by atoms with Gasteiger partial charge in [-0.3, -0.25) is 14.5 Å². The summed E-state index contributed by atoms with van der Waals surface area (Å²) in [5, 5.41) is 3.35. The van der Waals surface area contributed by atoms with E-state index in [0.717, 1.165) is 19.3 Å². The second-order valence-corrected chi connectivity index (χ2v) is 7.19. The van der Waals surface area contributed by atoms with Crippen LogP contribution in [0.25, 0.3) is 0 Å². The molecule has 0 aromatic rings. The lowest BCUT2D eigenvalue weighted by Crippen LogP contribution is -2.46. The topological polar surface area (TPSA) is 49.4 Å². The monoisotopic (exact) mass is 292 g/mol.